The number of rotatable bonds is 6. The first-order valence-corrected chi connectivity index (χ1v) is 12.1. The number of aromatic nitrogens is 1. The van der Waals surface area contributed by atoms with E-state index in [-0.39, 0.29) is 17.9 Å². The van der Waals surface area contributed by atoms with Gasteiger partial charge in [-0.05, 0) is 31.2 Å². The molecule has 1 N–H and O–H groups in total. The molecule has 2 aromatic rings. The van der Waals surface area contributed by atoms with Crippen LogP contribution in [0.15, 0.2) is 22.9 Å². The van der Waals surface area contributed by atoms with Gasteiger partial charge in [-0.25, -0.2) is 17.7 Å². The fourth-order valence-corrected chi connectivity index (χ4v) is 5.57. The van der Waals surface area contributed by atoms with Crippen LogP contribution in [0.25, 0.3) is 0 Å². The molecule has 0 aromatic carbocycles. The molecule has 0 radical (unpaired) electrons. The van der Waals surface area contributed by atoms with Crippen molar-refractivity contribution in [2.24, 2.45) is 5.92 Å². The number of hydrogen-bond acceptors (Lipinski definition) is 6. The van der Waals surface area contributed by atoms with Gasteiger partial charge in [-0.2, -0.15) is 0 Å². The van der Waals surface area contributed by atoms with Crippen molar-refractivity contribution in [2.45, 2.75) is 32.2 Å². The summed E-state index contributed by atoms with van der Waals surface area (Å²) in [6.07, 6.45) is 3.05. The van der Waals surface area contributed by atoms with Gasteiger partial charge in [0.2, 0.25) is 15.9 Å². The number of amides is 1. The molecule has 1 amide bonds. The molecule has 1 aliphatic rings. The van der Waals surface area contributed by atoms with Gasteiger partial charge in [0.25, 0.3) is 0 Å². The molecule has 0 aliphatic carbocycles. The van der Waals surface area contributed by atoms with Crippen LogP contribution in [0.3, 0.4) is 0 Å². The summed E-state index contributed by atoms with van der Waals surface area (Å²) < 4.78 is 24.7. The van der Waals surface area contributed by atoms with Crippen LogP contribution in [0.1, 0.15) is 34.5 Å². The number of thiazole rings is 1. The fraction of sp³-hybridized carbons (Fsp3) is 0.529. The number of carbonyl (C=O) groups is 1. The van der Waals surface area contributed by atoms with Gasteiger partial charge in [0, 0.05) is 41.4 Å². The first kappa shape index (κ1) is 19.5. The van der Waals surface area contributed by atoms with Crippen LogP contribution in [-0.2, 0) is 21.2 Å². The summed E-state index contributed by atoms with van der Waals surface area (Å²) in [5.41, 5.74) is 0.955. The van der Waals surface area contributed by atoms with Crippen LogP contribution in [0, 0.1) is 12.8 Å². The monoisotopic (exact) mass is 413 g/mol. The van der Waals surface area contributed by atoms with Crippen molar-refractivity contribution in [1.82, 2.24) is 14.6 Å². The maximum Gasteiger partial charge on any atom is 0.223 e. The standard InChI is InChI=1S/C17H23N3O3S3/c1-12-11-25-17(18-12)15(10-14-4-3-9-24-14)19-16(21)13-5-7-20(8-6-13)26(2,22)23/h3-4,9,11,13,15H,5-8,10H2,1-2H3,(H,19,21). The lowest BCUT2D eigenvalue weighted by atomic mass is 9.96. The van der Waals surface area contributed by atoms with E-state index in [0.29, 0.717) is 25.9 Å². The van der Waals surface area contributed by atoms with Crippen molar-refractivity contribution >= 4 is 38.6 Å². The molecule has 1 atom stereocenters. The van der Waals surface area contributed by atoms with Crippen molar-refractivity contribution in [3.8, 4) is 0 Å². The third-order valence-corrected chi connectivity index (χ3v) is 7.81. The lowest BCUT2D eigenvalue weighted by molar-refractivity contribution is -0.126. The number of thiophene rings is 1. The van der Waals surface area contributed by atoms with E-state index in [9.17, 15) is 13.2 Å². The summed E-state index contributed by atoms with van der Waals surface area (Å²) in [7, 11) is -3.18. The van der Waals surface area contributed by atoms with Crippen molar-refractivity contribution in [2.75, 3.05) is 19.3 Å². The zero-order valence-electron chi connectivity index (χ0n) is 14.8. The van der Waals surface area contributed by atoms with Gasteiger partial charge in [-0.1, -0.05) is 6.07 Å². The third kappa shape index (κ3) is 4.91. The van der Waals surface area contributed by atoms with Gasteiger partial charge in [-0.15, -0.1) is 22.7 Å². The van der Waals surface area contributed by atoms with Crippen molar-refractivity contribution < 1.29 is 13.2 Å². The highest BCUT2D eigenvalue weighted by atomic mass is 32.2. The van der Waals surface area contributed by atoms with Crippen molar-refractivity contribution in [3.05, 3.63) is 38.5 Å². The Morgan fingerprint density at radius 1 is 1.38 bits per heavy atom. The second-order valence-corrected chi connectivity index (χ2v) is 10.5. The van der Waals surface area contributed by atoms with Crippen molar-refractivity contribution in [1.29, 1.82) is 0 Å². The van der Waals surface area contributed by atoms with Crippen LogP contribution in [0.2, 0.25) is 0 Å². The molecule has 1 aliphatic heterocycles. The predicted molar refractivity (Wildman–Crippen MR) is 105 cm³/mol. The average molecular weight is 414 g/mol. The Kier molecular flexibility index (Phi) is 6.11. The van der Waals surface area contributed by atoms with E-state index in [2.05, 4.69) is 16.4 Å². The molecule has 26 heavy (non-hydrogen) atoms. The molecule has 9 heteroatoms. The topological polar surface area (TPSA) is 79.4 Å². The van der Waals surface area contributed by atoms with Gasteiger partial charge in [0.1, 0.15) is 5.01 Å². The van der Waals surface area contributed by atoms with E-state index < -0.39 is 10.0 Å². The molecule has 0 saturated carbocycles. The van der Waals surface area contributed by atoms with E-state index >= 15 is 0 Å². The highest BCUT2D eigenvalue weighted by Gasteiger charge is 2.30. The van der Waals surface area contributed by atoms with Gasteiger partial charge in [-0.3, -0.25) is 4.79 Å². The number of sulfonamides is 1. The second-order valence-electron chi connectivity index (χ2n) is 6.61. The van der Waals surface area contributed by atoms with Gasteiger partial charge < -0.3 is 5.32 Å². The fourth-order valence-electron chi connectivity index (χ4n) is 3.10. The summed E-state index contributed by atoms with van der Waals surface area (Å²) in [5.74, 6) is -0.160. The molecule has 3 heterocycles. The van der Waals surface area contributed by atoms with E-state index in [0.717, 1.165) is 17.1 Å². The zero-order chi connectivity index (χ0) is 18.7. The van der Waals surface area contributed by atoms with Gasteiger partial charge in [0.05, 0.1) is 12.3 Å². The van der Waals surface area contributed by atoms with E-state index in [1.807, 2.05) is 23.8 Å². The Hall–Kier alpha value is -1.29. The smallest absolute Gasteiger partial charge is 0.223 e. The molecular weight excluding hydrogens is 390 g/mol. The number of hydrogen-bond donors (Lipinski definition) is 1. The molecule has 6 nitrogen and oxygen atoms in total. The number of piperidine rings is 1. The van der Waals surface area contributed by atoms with Crippen LogP contribution < -0.4 is 5.32 Å². The maximum atomic E-state index is 12.8. The first-order valence-electron chi connectivity index (χ1n) is 8.53. The molecule has 142 valence electrons. The van der Waals surface area contributed by atoms with Crippen LogP contribution in [-0.4, -0.2) is 43.0 Å². The normalized spacial score (nSPS) is 17.9. The summed E-state index contributed by atoms with van der Waals surface area (Å²) in [6, 6.07) is 3.93. The minimum atomic E-state index is -3.18. The lowest BCUT2D eigenvalue weighted by Gasteiger charge is -2.30. The van der Waals surface area contributed by atoms with E-state index in [1.54, 1.807) is 22.7 Å². The number of aryl methyl sites for hydroxylation is 1. The summed E-state index contributed by atoms with van der Waals surface area (Å²) >= 11 is 3.23. The number of carbonyl (C=O) groups excluding carboxylic acids is 1. The van der Waals surface area contributed by atoms with Crippen LogP contribution >= 0.6 is 22.7 Å². The summed E-state index contributed by atoms with van der Waals surface area (Å²) in [5, 5.41) is 8.09. The number of nitrogens with one attached hydrogen (secondary N) is 1. The molecule has 1 fully saturated rings. The first-order chi connectivity index (χ1) is 12.3. The van der Waals surface area contributed by atoms with Crippen LogP contribution in [0.4, 0.5) is 0 Å². The average Bonchev–Trinajstić information content (AvgIpc) is 3.25. The molecule has 3 rings (SSSR count). The van der Waals surface area contributed by atoms with E-state index in [1.165, 1.54) is 15.4 Å². The molecule has 1 saturated heterocycles. The number of nitrogens with zero attached hydrogens (tertiary/aromatic N) is 2. The Balaban J connectivity index is 1.66. The molecule has 0 bridgehead atoms. The molecule has 1 unspecified atom stereocenters. The van der Waals surface area contributed by atoms with Gasteiger partial charge in [0.15, 0.2) is 0 Å². The molecule has 2 aromatic heterocycles. The quantitative estimate of drug-likeness (QED) is 0.789. The summed E-state index contributed by atoms with van der Waals surface area (Å²) in [6.45, 7) is 2.76. The Morgan fingerprint density at radius 3 is 2.65 bits per heavy atom. The predicted octanol–water partition coefficient (Wildman–Crippen LogP) is 2.58. The Morgan fingerprint density at radius 2 is 2.12 bits per heavy atom. The minimum absolute atomic E-state index is 0.00689. The zero-order valence-corrected chi connectivity index (χ0v) is 17.3. The molecular formula is C17H23N3O3S3. The van der Waals surface area contributed by atoms with Crippen LogP contribution in [0.5, 0.6) is 0 Å². The maximum absolute atomic E-state index is 12.8. The highest BCUT2D eigenvalue weighted by Crippen LogP contribution is 2.26. The van der Waals surface area contributed by atoms with Gasteiger partial charge >= 0.3 is 0 Å². The molecule has 0 spiro atoms. The summed E-state index contributed by atoms with van der Waals surface area (Å²) in [4.78, 5) is 18.5. The third-order valence-electron chi connectivity index (χ3n) is 4.53. The minimum Gasteiger partial charge on any atom is -0.346 e. The Bertz CT molecular complexity index is 838. The largest absolute Gasteiger partial charge is 0.346 e. The van der Waals surface area contributed by atoms with Crippen molar-refractivity contribution in [3.63, 3.8) is 0 Å². The lowest BCUT2D eigenvalue weighted by Crippen LogP contribution is -2.43. The van der Waals surface area contributed by atoms with E-state index in [4.69, 9.17) is 0 Å². The Labute approximate surface area is 162 Å². The highest BCUT2D eigenvalue weighted by molar-refractivity contribution is 7.88. The second kappa shape index (κ2) is 8.16. The SMILES string of the molecule is Cc1csc(C(Cc2cccs2)NC(=O)C2CCN(S(C)(=O)=O)CC2)n1.